The van der Waals surface area contributed by atoms with E-state index in [1.807, 2.05) is 23.1 Å². The maximum atomic E-state index is 4.46. The minimum Gasteiger partial charge on any atom is -0.362 e. The van der Waals surface area contributed by atoms with Gasteiger partial charge >= 0.3 is 0 Å². The zero-order valence-electron chi connectivity index (χ0n) is 9.06. The second-order valence-corrected chi connectivity index (χ2v) is 6.36. The maximum Gasteiger partial charge on any atom is 0.157 e. The Morgan fingerprint density at radius 2 is 2.53 bits per heavy atom. The predicted octanol–water partition coefficient (Wildman–Crippen LogP) is 2.76. The Morgan fingerprint density at radius 3 is 3.13 bits per heavy atom. The standard InChI is InChI=1S/C11H16N2S2/c1-8(6-10-4-3-5-14-10)13-11-12-7-9(2)15-11/h3-5,8-9H,6-7H2,1-2H3,(H,12,13). The molecule has 2 unspecified atom stereocenters. The zero-order valence-corrected chi connectivity index (χ0v) is 10.7. The summed E-state index contributed by atoms with van der Waals surface area (Å²) in [6.45, 7) is 5.39. The summed E-state index contributed by atoms with van der Waals surface area (Å²) in [7, 11) is 0. The van der Waals surface area contributed by atoms with Crippen molar-refractivity contribution in [3.05, 3.63) is 22.4 Å². The van der Waals surface area contributed by atoms with Crippen molar-refractivity contribution in [3.8, 4) is 0 Å². The van der Waals surface area contributed by atoms with Crippen molar-refractivity contribution >= 4 is 28.3 Å². The minimum atomic E-state index is 0.472. The molecule has 2 atom stereocenters. The number of hydrogen-bond acceptors (Lipinski definition) is 4. The van der Waals surface area contributed by atoms with Crippen molar-refractivity contribution in [1.29, 1.82) is 0 Å². The zero-order chi connectivity index (χ0) is 10.7. The highest BCUT2D eigenvalue weighted by Gasteiger charge is 2.16. The smallest absolute Gasteiger partial charge is 0.157 e. The molecule has 0 fully saturated rings. The topological polar surface area (TPSA) is 24.4 Å². The molecule has 1 aliphatic heterocycles. The molecule has 0 spiro atoms. The van der Waals surface area contributed by atoms with Gasteiger partial charge in [-0.25, -0.2) is 0 Å². The van der Waals surface area contributed by atoms with E-state index in [0.29, 0.717) is 11.3 Å². The van der Waals surface area contributed by atoms with Crippen molar-refractivity contribution in [2.75, 3.05) is 6.54 Å². The summed E-state index contributed by atoms with van der Waals surface area (Å²) >= 11 is 3.67. The third kappa shape index (κ3) is 3.24. The van der Waals surface area contributed by atoms with E-state index in [1.165, 1.54) is 4.88 Å². The lowest BCUT2D eigenvalue weighted by Gasteiger charge is -2.13. The van der Waals surface area contributed by atoms with Crippen molar-refractivity contribution in [1.82, 2.24) is 5.32 Å². The molecule has 4 heteroatoms. The molecule has 2 nitrogen and oxygen atoms in total. The van der Waals surface area contributed by atoms with Crippen LogP contribution in [0.15, 0.2) is 22.5 Å². The monoisotopic (exact) mass is 240 g/mol. The normalized spacial score (nSPS) is 22.5. The molecule has 0 aliphatic carbocycles. The van der Waals surface area contributed by atoms with Gasteiger partial charge in [-0.05, 0) is 18.4 Å². The first-order valence-electron chi connectivity index (χ1n) is 5.24. The molecule has 0 bridgehead atoms. The van der Waals surface area contributed by atoms with Gasteiger partial charge in [-0.2, -0.15) is 0 Å². The second-order valence-electron chi connectivity index (χ2n) is 3.90. The van der Waals surface area contributed by atoms with E-state index in [9.17, 15) is 0 Å². The highest BCUT2D eigenvalue weighted by molar-refractivity contribution is 8.14. The van der Waals surface area contributed by atoms with E-state index in [2.05, 4.69) is 41.7 Å². The summed E-state index contributed by atoms with van der Waals surface area (Å²) in [5.41, 5.74) is 0. The Kier molecular flexibility index (Phi) is 3.70. The molecule has 0 saturated heterocycles. The quantitative estimate of drug-likeness (QED) is 0.878. The van der Waals surface area contributed by atoms with Crippen LogP contribution in [-0.2, 0) is 6.42 Å². The average molecular weight is 240 g/mol. The molecule has 1 aromatic heterocycles. The van der Waals surface area contributed by atoms with Crippen molar-refractivity contribution in [3.63, 3.8) is 0 Å². The number of nitrogens with zero attached hydrogens (tertiary/aromatic N) is 1. The summed E-state index contributed by atoms with van der Waals surface area (Å²) < 4.78 is 0. The van der Waals surface area contributed by atoms with Crippen LogP contribution in [0.5, 0.6) is 0 Å². The lowest BCUT2D eigenvalue weighted by Crippen LogP contribution is -2.31. The van der Waals surface area contributed by atoms with E-state index in [1.54, 1.807) is 0 Å². The summed E-state index contributed by atoms with van der Waals surface area (Å²) in [5, 5.41) is 7.36. The molecule has 2 heterocycles. The largest absolute Gasteiger partial charge is 0.362 e. The first kappa shape index (κ1) is 11.0. The van der Waals surface area contributed by atoms with Gasteiger partial charge in [0.05, 0.1) is 6.54 Å². The molecule has 2 rings (SSSR count). The van der Waals surface area contributed by atoms with E-state index in [4.69, 9.17) is 0 Å². The number of thiophene rings is 1. The van der Waals surface area contributed by atoms with Gasteiger partial charge in [-0.3, -0.25) is 4.99 Å². The van der Waals surface area contributed by atoms with Crippen LogP contribution in [0.4, 0.5) is 0 Å². The van der Waals surface area contributed by atoms with Crippen LogP contribution >= 0.6 is 23.1 Å². The van der Waals surface area contributed by atoms with Crippen molar-refractivity contribution < 1.29 is 0 Å². The summed E-state index contributed by atoms with van der Waals surface area (Å²) in [6.07, 6.45) is 1.09. The fourth-order valence-electron chi connectivity index (χ4n) is 1.55. The van der Waals surface area contributed by atoms with E-state index < -0.39 is 0 Å². The van der Waals surface area contributed by atoms with Crippen LogP contribution < -0.4 is 5.32 Å². The first-order valence-corrected chi connectivity index (χ1v) is 7.00. The minimum absolute atomic E-state index is 0.472. The lowest BCUT2D eigenvalue weighted by atomic mass is 10.2. The van der Waals surface area contributed by atoms with Crippen molar-refractivity contribution in [2.24, 2.45) is 4.99 Å². The molecule has 82 valence electrons. The Balaban J connectivity index is 1.80. The lowest BCUT2D eigenvalue weighted by molar-refractivity contribution is 0.671. The Bertz CT molecular complexity index is 332. The Labute approximate surface area is 99.2 Å². The predicted molar refractivity (Wildman–Crippen MR) is 70.0 cm³/mol. The molecule has 0 aromatic carbocycles. The number of thioether (sulfide) groups is 1. The Hall–Kier alpha value is -0.480. The van der Waals surface area contributed by atoms with Crippen LogP contribution in [0.1, 0.15) is 18.7 Å². The van der Waals surface area contributed by atoms with Crippen LogP contribution in [0.25, 0.3) is 0 Å². The molecule has 1 N–H and O–H groups in total. The van der Waals surface area contributed by atoms with Crippen LogP contribution in [0, 0.1) is 0 Å². The Morgan fingerprint density at radius 1 is 1.67 bits per heavy atom. The SMILES string of the molecule is CC(Cc1cccs1)NC1=NCC(C)S1. The highest BCUT2D eigenvalue weighted by Crippen LogP contribution is 2.19. The van der Waals surface area contributed by atoms with E-state index in [-0.39, 0.29) is 0 Å². The van der Waals surface area contributed by atoms with Gasteiger partial charge in [0.15, 0.2) is 5.17 Å². The number of rotatable bonds is 3. The molecule has 1 aliphatic rings. The summed E-state index contributed by atoms with van der Waals surface area (Å²) in [5.74, 6) is 0. The molecule has 0 radical (unpaired) electrons. The molecular formula is C11H16N2S2. The number of hydrogen-bond donors (Lipinski definition) is 1. The molecule has 15 heavy (non-hydrogen) atoms. The fraction of sp³-hybridized carbons (Fsp3) is 0.545. The maximum absolute atomic E-state index is 4.46. The highest BCUT2D eigenvalue weighted by atomic mass is 32.2. The fourth-order valence-corrected chi connectivity index (χ4v) is 3.33. The van der Waals surface area contributed by atoms with Gasteiger partial charge in [0.1, 0.15) is 0 Å². The first-order chi connectivity index (χ1) is 7.24. The molecule has 0 saturated carbocycles. The molecule has 1 aromatic rings. The van der Waals surface area contributed by atoms with E-state index >= 15 is 0 Å². The van der Waals surface area contributed by atoms with Gasteiger partial charge < -0.3 is 5.32 Å². The van der Waals surface area contributed by atoms with Crippen LogP contribution in [0.3, 0.4) is 0 Å². The van der Waals surface area contributed by atoms with Gasteiger partial charge in [0.2, 0.25) is 0 Å². The van der Waals surface area contributed by atoms with Crippen LogP contribution in [-0.4, -0.2) is 23.0 Å². The van der Waals surface area contributed by atoms with Crippen LogP contribution in [0.2, 0.25) is 0 Å². The van der Waals surface area contributed by atoms with Gasteiger partial charge in [-0.1, -0.05) is 24.8 Å². The van der Waals surface area contributed by atoms with Crippen molar-refractivity contribution in [2.45, 2.75) is 31.6 Å². The molecule has 0 amide bonds. The molecular weight excluding hydrogens is 224 g/mol. The van der Waals surface area contributed by atoms with Gasteiger partial charge in [0, 0.05) is 22.6 Å². The number of aliphatic imine (C=N–C) groups is 1. The van der Waals surface area contributed by atoms with Gasteiger partial charge in [-0.15, -0.1) is 11.3 Å². The van der Waals surface area contributed by atoms with E-state index in [0.717, 1.165) is 18.1 Å². The number of amidine groups is 1. The third-order valence-electron chi connectivity index (χ3n) is 2.26. The summed E-state index contributed by atoms with van der Waals surface area (Å²) in [6, 6.07) is 4.77. The summed E-state index contributed by atoms with van der Waals surface area (Å²) in [4.78, 5) is 5.89. The third-order valence-corrected chi connectivity index (χ3v) is 4.18. The second kappa shape index (κ2) is 5.03. The average Bonchev–Trinajstić information content (AvgIpc) is 2.77. The number of nitrogens with one attached hydrogen (secondary N) is 1. The van der Waals surface area contributed by atoms with Gasteiger partial charge in [0.25, 0.3) is 0 Å².